The SMILES string of the molecule is N#CCc1c(Cl)ncc(CCl)c1C(F)F. The Morgan fingerprint density at radius 3 is 2.67 bits per heavy atom. The van der Waals surface area contributed by atoms with Crippen LogP contribution in [0.4, 0.5) is 8.78 Å². The van der Waals surface area contributed by atoms with Gasteiger partial charge in [-0.1, -0.05) is 11.6 Å². The molecule has 0 spiro atoms. The number of halogens is 4. The summed E-state index contributed by atoms with van der Waals surface area (Å²) in [6, 6.07) is 1.77. The average Bonchev–Trinajstić information content (AvgIpc) is 2.20. The summed E-state index contributed by atoms with van der Waals surface area (Å²) >= 11 is 11.1. The number of alkyl halides is 3. The number of rotatable bonds is 3. The fourth-order valence-corrected chi connectivity index (χ4v) is 1.64. The van der Waals surface area contributed by atoms with E-state index in [0.717, 1.165) is 0 Å². The Balaban J connectivity index is 3.38. The zero-order chi connectivity index (χ0) is 11.4. The van der Waals surface area contributed by atoms with Crippen molar-refractivity contribution in [1.29, 1.82) is 5.26 Å². The molecule has 0 fully saturated rings. The van der Waals surface area contributed by atoms with Crippen molar-refractivity contribution in [3.8, 4) is 6.07 Å². The summed E-state index contributed by atoms with van der Waals surface area (Å²) in [6.45, 7) is 0. The summed E-state index contributed by atoms with van der Waals surface area (Å²) in [6.07, 6.45) is -1.70. The first-order chi connectivity index (χ1) is 7.11. The van der Waals surface area contributed by atoms with Gasteiger partial charge in [-0.05, 0) is 5.56 Å². The third-order valence-electron chi connectivity index (χ3n) is 1.87. The second-order valence-corrected chi connectivity index (χ2v) is 3.36. The molecule has 1 aromatic heterocycles. The van der Waals surface area contributed by atoms with Gasteiger partial charge in [0.2, 0.25) is 0 Å². The fourth-order valence-electron chi connectivity index (χ4n) is 1.21. The minimum atomic E-state index is -2.71. The highest BCUT2D eigenvalue weighted by Gasteiger charge is 2.20. The van der Waals surface area contributed by atoms with Crippen LogP contribution in [0, 0.1) is 11.3 Å². The van der Waals surface area contributed by atoms with Crippen LogP contribution in [0.25, 0.3) is 0 Å². The van der Waals surface area contributed by atoms with Crippen LogP contribution >= 0.6 is 23.2 Å². The van der Waals surface area contributed by atoms with Crippen molar-refractivity contribution in [2.75, 3.05) is 0 Å². The number of hydrogen-bond donors (Lipinski definition) is 0. The molecular weight excluding hydrogens is 245 g/mol. The molecule has 0 atom stereocenters. The van der Waals surface area contributed by atoms with E-state index in [0.29, 0.717) is 0 Å². The molecule has 0 aliphatic carbocycles. The first kappa shape index (κ1) is 12.2. The van der Waals surface area contributed by atoms with Gasteiger partial charge in [0.15, 0.2) is 0 Å². The zero-order valence-electron chi connectivity index (χ0n) is 7.48. The van der Waals surface area contributed by atoms with Gasteiger partial charge in [0.25, 0.3) is 6.43 Å². The molecule has 0 saturated carbocycles. The van der Waals surface area contributed by atoms with Gasteiger partial charge in [-0.2, -0.15) is 5.26 Å². The van der Waals surface area contributed by atoms with Crippen molar-refractivity contribution in [1.82, 2.24) is 4.98 Å². The standard InChI is InChI=1S/C9H6Cl2F2N2/c10-3-5-4-15-8(11)6(1-2-14)7(5)9(12)13/h4,9H,1,3H2. The Morgan fingerprint density at radius 1 is 1.53 bits per heavy atom. The molecule has 0 aliphatic heterocycles. The maximum Gasteiger partial charge on any atom is 0.264 e. The van der Waals surface area contributed by atoms with E-state index in [2.05, 4.69) is 4.98 Å². The number of aromatic nitrogens is 1. The van der Waals surface area contributed by atoms with Crippen LogP contribution in [0.15, 0.2) is 6.20 Å². The zero-order valence-corrected chi connectivity index (χ0v) is 8.99. The van der Waals surface area contributed by atoms with Crippen LogP contribution in [0.3, 0.4) is 0 Å². The Bertz CT molecular complexity index is 402. The number of hydrogen-bond acceptors (Lipinski definition) is 2. The highest BCUT2D eigenvalue weighted by molar-refractivity contribution is 6.30. The van der Waals surface area contributed by atoms with Gasteiger partial charge in [-0.15, -0.1) is 11.6 Å². The van der Waals surface area contributed by atoms with Crippen LogP contribution in [0.2, 0.25) is 5.15 Å². The summed E-state index contributed by atoms with van der Waals surface area (Å²) in [7, 11) is 0. The quantitative estimate of drug-likeness (QED) is 0.609. The van der Waals surface area contributed by atoms with E-state index < -0.39 is 6.43 Å². The van der Waals surface area contributed by atoms with Crippen molar-refractivity contribution in [3.63, 3.8) is 0 Å². The lowest BCUT2D eigenvalue weighted by Gasteiger charge is -2.11. The average molecular weight is 251 g/mol. The first-order valence-corrected chi connectivity index (χ1v) is 4.90. The molecule has 0 saturated heterocycles. The molecule has 80 valence electrons. The molecule has 0 aromatic carbocycles. The van der Waals surface area contributed by atoms with Gasteiger partial charge in [0, 0.05) is 23.2 Å². The first-order valence-electron chi connectivity index (χ1n) is 3.99. The molecular formula is C9H6Cl2F2N2. The molecule has 0 aliphatic rings. The van der Waals surface area contributed by atoms with Crippen molar-refractivity contribution in [2.45, 2.75) is 18.7 Å². The van der Waals surface area contributed by atoms with Gasteiger partial charge >= 0.3 is 0 Å². The summed E-state index contributed by atoms with van der Waals surface area (Å²) in [4.78, 5) is 3.71. The minimum absolute atomic E-state index is 0.0623. The summed E-state index contributed by atoms with van der Waals surface area (Å²) in [5, 5.41) is 8.43. The highest BCUT2D eigenvalue weighted by Crippen LogP contribution is 2.31. The molecule has 0 radical (unpaired) electrons. The molecule has 2 nitrogen and oxygen atoms in total. The number of pyridine rings is 1. The molecule has 1 rings (SSSR count). The van der Waals surface area contributed by atoms with E-state index in [-0.39, 0.29) is 34.1 Å². The molecule has 0 amide bonds. The van der Waals surface area contributed by atoms with Gasteiger partial charge in [-0.25, -0.2) is 13.8 Å². The number of nitrogens with zero attached hydrogens (tertiary/aromatic N) is 2. The maximum absolute atomic E-state index is 12.7. The molecule has 1 heterocycles. The Labute approximate surface area is 95.4 Å². The summed E-state index contributed by atoms with van der Waals surface area (Å²) in [5.41, 5.74) is 0.000170. The molecule has 0 bridgehead atoms. The van der Waals surface area contributed by atoms with Crippen molar-refractivity contribution < 1.29 is 8.78 Å². The second-order valence-electron chi connectivity index (χ2n) is 2.74. The third-order valence-corrected chi connectivity index (χ3v) is 2.49. The van der Waals surface area contributed by atoms with Crippen molar-refractivity contribution in [2.24, 2.45) is 0 Å². The van der Waals surface area contributed by atoms with Crippen LogP contribution in [0.5, 0.6) is 0 Å². The van der Waals surface area contributed by atoms with Crippen molar-refractivity contribution in [3.05, 3.63) is 28.0 Å². The second kappa shape index (κ2) is 5.24. The highest BCUT2D eigenvalue weighted by atomic mass is 35.5. The summed E-state index contributed by atoms with van der Waals surface area (Å²) in [5.74, 6) is -0.0811. The Kier molecular flexibility index (Phi) is 4.25. The van der Waals surface area contributed by atoms with E-state index in [1.807, 2.05) is 0 Å². The van der Waals surface area contributed by atoms with Crippen LogP contribution < -0.4 is 0 Å². The largest absolute Gasteiger partial charge is 0.264 e. The van der Waals surface area contributed by atoms with E-state index in [4.69, 9.17) is 28.5 Å². The Morgan fingerprint density at radius 2 is 2.20 bits per heavy atom. The third kappa shape index (κ3) is 2.55. The number of nitriles is 1. The van der Waals surface area contributed by atoms with Gasteiger partial charge in [0.1, 0.15) is 5.15 Å². The van der Waals surface area contributed by atoms with Crippen LogP contribution in [0.1, 0.15) is 23.1 Å². The predicted molar refractivity (Wildman–Crippen MR) is 53.1 cm³/mol. The van der Waals surface area contributed by atoms with E-state index in [1.54, 1.807) is 6.07 Å². The Hall–Kier alpha value is -0.920. The fraction of sp³-hybridized carbons (Fsp3) is 0.333. The van der Waals surface area contributed by atoms with Gasteiger partial charge < -0.3 is 0 Å². The predicted octanol–water partition coefficient (Wildman–Crippen LogP) is 3.48. The smallest absolute Gasteiger partial charge is 0.244 e. The van der Waals surface area contributed by atoms with Crippen LogP contribution in [-0.2, 0) is 12.3 Å². The molecule has 15 heavy (non-hydrogen) atoms. The van der Waals surface area contributed by atoms with Crippen molar-refractivity contribution >= 4 is 23.2 Å². The lowest BCUT2D eigenvalue weighted by Crippen LogP contribution is -2.02. The molecule has 0 unspecified atom stereocenters. The van der Waals surface area contributed by atoms with Crippen LogP contribution in [-0.4, -0.2) is 4.98 Å². The van der Waals surface area contributed by atoms with E-state index in [1.165, 1.54) is 6.20 Å². The van der Waals surface area contributed by atoms with E-state index in [9.17, 15) is 8.78 Å². The molecule has 6 heteroatoms. The normalized spacial score (nSPS) is 10.4. The minimum Gasteiger partial charge on any atom is -0.244 e. The van der Waals surface area contributed by atoms with Gasteiger partial charge in [0.05, 0.1) is 12.5 Å². The van der Waals surface area contributed by atoms with Gasteiger partial charge in [-0.3, -0.25) is 0 Å². The lowest BCUT2D eigenvalue weighted by molar-refractivity contribution is 0.149. The lowest BCUT2D eigenvalue weighted by atomic mass is 10.0. The monoisotopic (exact) mass is 250 g/mol. The maximum atomic E-state index is 12.7. The molecule has 0 N–H and O–H groups in total. The molecule has 1 aromatic rings. The van der Waals surface area contributed by atoms with E-state index >= 15 is 0 Å². The summed E-state index contributed by atoms with van der Waals surface area (Å²) < 4.78 is 25.4. The topological polar surface area (TPSA) is 36.7 Å².